The number of hydrogen-bond donors (Lipinski definition) is 1. The lowest BCUT2D eigenvalue weighted by Gasteiger charge is -2.36. The Hall–Kier alpha value is -2.07. The highest BCUT2D eigenvalue weighted by Crippen LogP contribution is 2.10. The summed E-state index contributed by atoms with van der Waals surface area (Å²) in [6.45, 7) is 8.16. The lowest BCUT2D eigenvalue weighted by Crippen LogP contribution is -2.53. The molecule has 8 heteroatoms. The third kappa shape index (κ3) is 6.73. The first-order valence-electron chi connectivity index (χ1n) is 10.0. The number of carbonyl (C=O) groups is 1. The van der Waals surface area contributed by atoms with Gasteiger partial charge in [-0.25, -0.2) is 0 Å². The van der Waals surface area contributed by atoms with Crippen LogP contribution in [0.25, 0.3) is 0 Å². The number of carbonyl (C=O) groups excluding carboxylic acids is 1. The predicted octanol–water partition coefficient (Wildman–Crippen LogP) is 3.36. The molecule has 0 atom stereocenters. The van der Waals surface area contributed by atoms with Crippen molar-refractivity contribution in [3.63, 3.8) is 0 Å². The second-order valence-corrected chi connectivity index (χ2v) is 7.33. The Kier molecular flexibility index (Phi) is 9.64. The molecule has 30 heavy (non-hydrogen) atoms. The van der Waals surface area contributed by atoms with Gasteiger partial charge in [0.1, 0.15) is 0 Å². The highest BCUT2D eigenvalue weighted by Gasteiger charge is 2.25. The van der Waals surface area contributed by atoms with Gasteiger partial charge < -0.3 is 24.3 Å². The molecule has 0 bridgehead atoms. The van der Waals surface area contributed by atoms with Crippen LogP contribution in [0.3, 0.4) is 0 Å². The lowest BCUT2D eigenvalue weighted by molar-refractivity contribution is 0.0654. The quantitative estimate of drug-likeness (QED) is 0.355. The molecule has 1 aliphatic rings. The molecule has 1 aromatic carbocycles. The SMILES string of the molecule is CN=C(NCc1ccc(COC(C)C)cc1)N1CCN(C(=O)c2ccco2)CC1.I. The first-order valence-corrected chi connectivity index (χ1v) is 10.0. The molecule has 1 N–H and O–H groups in total. The van der Waals surface area contributed by atoms with Crippen molar-refractivity contribution in [2.45, 2.75) is 33.1 Å². The Labute approximate surface area is 195 Å². The monoisotopic (exact) mass is 526 g/mol. The average Bonchev–Trinajstić information content (AvgIpc) is 3.28. The largest absolute Gasteiger partial charge is 0.459 e. The molecule has 164 valence electrons. The van der Waals surface area contributed by atoms with Crippen molar-refractivity contribution in [2.24, 2.45) is 4.99 Å². The number of guanidine groups is 1. The number of piperazine rings is 1. The van der Waals surface area contributed by atoms with Crippen molar-refractivity contribution >= 4 is 35.8 Å². The average molecular weight is 526 g/mol. The Bertz CT molecular complexity index is 798. The molecule has 0 saturated carbocycles. The maximum atomic E-state index is 12.4. The minimum Gasteiger partial charge on any atom is -0.459 e. The van der Waals surface area contributed by atoms with E-state index in [0.717, 1.165) is 19.0 Å². The predicted molar refractivity (Wildman–Crippen MR) is 128 cm³/mol. The summed E-state index contributed by atoms with van der Waals surface area (Å²) in [6.07, 6.45) is 1.76. The van der Waals surface area contributed by atoms with Crippen molar-refractivity contribution in [3.8, 4) is 0 Å². The molecule has 7 nitrogen and oxygen atoms in total. The molecule has 1 amide bonds. The number of furan rings is 1. The second-order valence-electron chi connectivity index (χ2n) is 7.33. The Morgan fingerprint density at radius 2 is 1.73 bits per heavy atom. The van der Waals surface area contributed by atoms with Crippen molar-refractivity contribution in [1.29, 1.82) is 0 Å². The fourth-order valence-electron chi connectivity index (χ4n) is 3.21. The molecule has 1 fully saturated rings. The van der Waals surface area contributed by atoms with Crippen molar-refractivity contribution in [2.75, 3.05) is 33.2 Å². The molecule has 0 unspecified atom stereocenters. The van der Waals surface area contributed by atoms with E-state index in [4.69, 9.17) is 9.15 Å². The molecule has 1 aromatic heterocycles. The van der Waals surface area contributed by atoms with Crippen molar-refractivity contribution in [3.05, 3.63) is 59.5 Å². The second kappa shape index (κ2) is 11.9. The number of aliphatic imine (C=N–C) groups is 1. The minimum atomic E-state index is -0.0564. The molecule has 2 aromatic rings. The third-order valence-electron chi connectivity index (χ3n) is 4.87. The first kappa shape index (κ1) is 24.2. The zero-order valence-corrected chi connectivity index (χ0v) is 20.2. The van der Waals surface area contributed by atoms with E-state index >= 15 is 0 Å². The summed E-state index contributed by atoms with van der Waals surface area (Å²) in [6, 6.07) is 11.9. The smallest absolute Gasteiger partial charge is 0.289 e. The van der Waals surface area contributed by atoms with Gasteiger partial charge in [0.15, 0.2) is 11.7 Å². The fourth-order valence-corrected chi connectivity index (χ4v) is 3.21. The summed E-state index contributed by atoms with van der Waals surface area (Å²) >= 11 is 0. The van der Waals surface area contributed by atoms with Crippen LogP contribution in [0.4, 0.5) is 0 Å². The zero-order chi connectivity index (χ0) is 20.6. The van der Waals surface area contributed by atoms with Crippen LogP contribution in [0.15, 0.2) is 52.1 Å². The van der Waals surface area contributed by atoms with Gasteiger partial charge in [-0.2, -0.15) is 0 Å². The number of nitrogens with one attached hydrogen (secondary N) is 1. The van der Waals surface area contributed by atoms with E-state index in [1.807, 2.05) is 18.7 Å². The van der Waals surface area contributed by atoms with E-state index in [2.05, 4.69) is 39.5 Å². The lowest BCUT2D eigenvalue weighted by atomic mass is 10.1. The van der Waals surface area contributed by atoms with Crippen LogP contribution in [0.5, 0.6) is 0 Å². The maximum absolute atomic E-state index is 12.4. The summed E-state index contributed by atoms with van der Waals surface area (Å²) in [5, 5.41) is 3.42. The van der Waals surface area contributed by atoms with Crippen LogP contribution in [0, 0.1) is 0 Å². The van der Waals surface area contributed by atoms with Gasteiger partial charge in [-0.1, -0.05) is 24.3 Å². The first-order chi connectivity index (χ1) is 14.1. The van der Waals surface area contributed by atoms with E-state index < -0.39 is 0 Å². The molecule has 0 aliphatic carbocycles. The van der Waals surface area contributed by atoms with Gasteiger partial charge in [-0.15, -0.1) is 24.0 Å². The molecular formula is C22H31IN4O3. The fraction of sp³-hybridized carbons (Fsp3) is 0.455. The van der Waals surface area contributed by atoms with Crippen LogP contribution in [-0.4, -0.2) is 61.0 Å². The van der Waals surface area contributed by atoms with Gasteiger partial charge in [-0.05, 0) is 37.1 Å². The van der Waals surface area contributed by atoms with E-state index in [1.54, 1.807) is 19.2 Å². The van der Waals surface area contributed by atoms with Gasteiger partial charge in [0.2, 0.25) is 0 Å². The zero-order valence-electron chi connectivity index (χ0n) is 17.8. The van der Waals surface area contributed by atoms with E-state index in [9.17, 15) is 4.79 Å². The van der Waals surface area contributed by atoms with Crippen LogP contribution in [-0.2, 0) is 17.9 Å². The molecule has 3 rings (SSSR count). The molecule has 0 spiro atoms. The molecule has 1 saturated heterocycles. The van der Waals surface area contributed by atoms with Gasteiger partial charge in [0, 0.05) is 39.8 Å². The number of ether oxygens (including phenoxy) is 1. The third-order valence-corrected chi connectivity index (χ3v) is 4.87. The van der Waals surface area contributed by atoms with Crippen LogP contribution in [0.2, 0.25) is 0 Å². The number of nitrogens with zero attached hydrogens (tertiary/aromatic N) is 3. The summed E-state index contributed by atoms with van der Waals surface area (Å²) in [4.78, 5) is 20.8. The summed E-state index contributed by atoms with van der Waals surface area (Å²) in [5.41, 5.74) is 2.36. The molecule has 0 radical (unpaired) electrons. The normalized spacial score (nSPS) is 14.6. The number of hydrogen-bond acceptors (Lipinski definition) is 4. The summed E-state index contributed by atoms with van der Waals surface area (Å²) in [5.74, 6) is 1.18. The van der Waals surface area contributed by atoms with Gasteiger partial charge in [0.05, 0.1) is 19.0 Å². The molecular weight excluding hydrogens is 495 g/mol. The highest BCUT2D eigenvalue weighted by molar-refractivity contribution is 14.0. The highest BCUT2D eigenvalue weighted by atomic mass is 127. The Balaban J connectivity index is 0.00000320. The Morgan fingerprint density at radius 3 is 2.30 bits per heavy atom. The van der Waals surface area contributed by atoms with E-state index in [1.165, 1.54) is 17.4 Å². The number of benzene rings is 1. The van der Waals surface area contributed by atoms with Gasteiger partial charge in [0.25, 0.3) is 5.91 Å². The number of amides is 1. The topological polar surface area (TPSA) is 70.3 Å². The van der Waals surface area contributed by atoms with Crippen molar-refractivity contribution < 1.29 is 13.9 Å². The standard InChI is InChI=1S/C22H30N4O3.HI/c1-17(2)29-16-19-8-6-18(7-9-19)15-24-22(23-3)26-12-10-25(11-13-26)21(27)20-5-4-14-28-20;/h4-9,14,17H,10-13,15-16H2,1-3H3,(H,23,24);1H. The Morgan fingerprint density at radius 1 is 1.10 bits per heavy atom. The minimum absolute atomic E-state index is 0. The molecule has 1 aliphatic heterocycles. The van der Waals surface area contributed by atoms with Crippen LogP contribution in [0.1, 0.15) is 35.5 Å². The maximum Gasteiger partial charge on any atom is 0.289 e. The number of rotatable bonds is 6. The van der Waals surface area contributed by atoms with Crippen LogP contribution < -0.4 is 5.32 Å². The van der Waals surface area contributed by atoms with Crippen LogP contribution >= 0.6 is 24.0 Å². The number of halogens is 1. The summed E-state index contributed by atoms with van der Waals surface area (Å²) in [7, 11) is 1.79. The van der Waals surface area contributed by atoms with Crippen molar-refractivity contribution in [1.82, 2.24) is 15.1 Å². The van der Waals surface area contributed by atoms with E-state index in [0.29, 0.717) is 32.0 Å². The molecule has 2 heterocycles. The van der Waals surface area contributed by atoms with Gasteiger partial charge in [-0.3, -0.25) is 9.79 Å². The van der Waals surface area contributed by atoms with E-state index in [-0.39, 0.29) is 36.0 Å². The summed E-state index contributed by atoms with van der Waals surface area (Å²) < 4.78 is 10.9. The van der Waals surface area contributed by atoms with Gasteiger partial charge >= 0.3 is 0 Å².